The molecule has 0 spiro atoms. The van der Waals surface area contributed by atoms with Crippen LogP contribution in [0.15, 0.2) is 0 Å². The minimum atomic E-state index is -0.706. The first-order valence-corrected chi connectivity index (χ1v) is 7.97. The summed E-state index contributed by atoms with van der Waals surface area (Å²) in [6.45, 7) is 8.52. The molecule has 0 aliphatic heterocycles. The fourth-order valence-corrected chi connectivity index (χ4v) is 6.26. The third kappa shape index (κ3) is 5.81. The number of terminal acetylenes is 2. The van der Waals surface area contributed by atoms with Crippen LogP contribution in [0, 0.1) is 35.5 Å². The quantitative estimate of drug-likeness (QED) is 0.642. The van der Waals surface area contributed by atoms with Gasteiger partial charge in [-0.15, -0.1) is 12.8 Å². The lowest BCUT2D eigenvalue weighted by Gasteiger charge is -2.41. The highest BCUT2D eigenvalue weighted by atomic mass is 32.3. The van der Waals surface area contributed by atoms with Crippen molar-refractivity contribution < 1.29 is 0 Å². The van der Waals surface area contributed by atoms with E-state index in [1.165, 1.54) is 0 Å². The Morgan fingerprint density at radius 1 is 0.867 bits per heavy atom. The van der Waals surface area contributed by atoms with E-state index in [4.69, 9.17) is 12.8 Å². The van der Waals surface area contributed by atoms with E-state index in [0.717, 1.165) is 11.5 Å². The van der Waals surface area contributed by atoms with Crippen molar-refractivity contribution in [2.75, 3.05) is 24.0 Å². The van der Waals surface area contributed by atoms with Gasteiger partial charge >= 0.3 is 0 Å². The van der Waals surface area contributed by atoms with E-state index in [0.29, 0.717) is 0 Å². The van der Waals surface area contributed by atoms with Crippen LogP contribution in [0.3, 0.4) is 0 Å². The minimum absolute atomic E-state index is 0.0104. The molecule has 0 amide bonds. The minimum Gasteiger partial charge on any atom is -0.244 e. The van der Waals surface area contributed by atoms with E-state index in [9.17, 15) is 0 Å². The van der Waals surface area contributed by atoms with E-state index < -0.39 is 10.0 Å². The third-order valence-electron chi connectivity index (χ3n) is 2.28. The zero-order chi connectivity index (χ0) is 12.3. The maximum atomic E-state index is 5.53. The Bertz CT molecular complexity index is 264. The molecular formula is C14H24S. The molecule has 86 valence electrons. The van der Waals surface area contributed by atoms with E-state index in [2.05, 4.69) is 52.0 Å². The summed E-state index contributed by atoms with van der Waals surface area (Å²) < 4.78 is 0. The first-order chi connectivity index (χ1) is 6.54. The first-order valence-electron chi connectivity index (χ1n) is 5.18. The molecule has 0 heterocycles. The second-order valence-electron chi connectivity index (χ2n) is 6.11. The standard InChI is InChI=1S/C14H24S/c1-9-13(3,4)11-15(7,8)12-14(5,6)10-2/h1-2H,11-12H2,3-8H3. The van der Waals surface area contributed by atoms with Crippen molar-refractivity contribution in [1.29, 1.82) is 0 Å². The van der Waals surface area contributed by atoms with Gasteiger partial charge in [-0.2, -0.15) is 0 Å². The Morgan fingerprint density at radius 2 is 1.13 bits per heavy atom. The van der Waals surface area contributed by atoms with Crippen LogP contribution in [0.2, 0.25) is 0 Å². The number of hydrogen-bond donors (Lipinski definition) is 0. The first kappa shape index (κ1) is 14.5. The monoisotopic (exact) mass is 224 g/mol. The molecule has 0 atom stereocenters. The van der Waals surface area contributed by atoms with E-state index >= 15 is 0 Å². The Kier molecular flexibility index (Phi) is 4.38. The molecule has 0 nitrogen and oxygen atoms in total. The second-order valence-corrected chi connectivity index (χ2v) is 10.2. The Hall–Kier alpha value is -0.530. The molecule has 0 saturated heterocycles. The van der Waals surface area contributed by atoms with Gasteiger partial charge in [0.1, 0.15) is 0 Å². The maximum Gasteiger partial charge on any atom is 0.0331 e. The SMILES string of the molecule is C#CC(C)(C)CS(C)(C)CC(C)(C)C#C. The zero-order valence-electron chi connectivity index (χ0n) is 11.0. The second kappa shape index (κ2) is 4.54. The molecular weight excluding hydrogens is 200 g/mol. The summed E-state index contributed by atoms with van der Waals surface area (Å²) in [5.74, 6) is 7.91. The Balaban J connectivity index is 4.61. The van der Waals surface area contributed by atoms with Gasteiger partial charge in [-0.05, 0) is 51.7 Å². The van der Waals surface area contributed by atoms with Crippen LogP contribution in [0.5, 0.6) is 0 Å². The third-order valence-corrected chi connectivity index (χ3v) is 5.29. The molecule has 0 aromatic rings. The predicted octanol–water partition coefficient (Wildman–Crippen LogP) is 3.37. The normalized spacial score (nSPS) is 14.1. The summed E-state index contributed by atoms with van der Waals surface area (Å²) in [6.07, 6.45) is 15.7. The molecule has 0 saturated carbocycles. The van der Waals surface area contributed by atoms with Crippen molar-refractivity contribution in [1.82, 2.24) is 0 Å². The lowest BCUT2D eigenvalue weighted by atomic mass is 9.98. The molecule has 0 aromatic heterocycles. The summed E-state index contributed by atoms with van der Waals surface area (Å²) in [5, 5.41) is 0. The van der Waals surface area contributed by atoms with Crippen LogP contribution in [-0.2, 0) is 0 Å². The van der Waals surface area contributed by atoms with Crippen molar-refractivity contribution in [2.24, 2.45) is 10.8 Å². The van der Waals surface area contributed by atoms with Crippen LogP contribution in [0.1, 0.15) is 27.7 Å². The van der Waals surface area contributed by atoms with Crippen LogP contribution >= 0.6 is 10.0 Å². The summed E-state index contributed by atoms with van der Waals surface area (Å²) >= 11 is 0. The van der Waals surface area contributed by atoms with Gasteiger partial charge in [0.15, 0.2) is 0 Å². The van der Waals surface area contributed by atoms with Gasteiger partial charge in [0.05, 0.1) is 0 Å². The highest BCUT2D eigenvalue weighted by Crippen LogP contribution is 2.48. The summed E-state index contributed by atoms with van der Waals surface area (Å²) in [4.78, 5) is 0. The maximum absolute atomic E-state index is 5.53. The molecule has 15 heavy (non-hydrogen) atoms. The van der Waals surface area contributed by atoms with Gasteiger partial charge in [0, 0.05) is 10.8 Å². The Morgan fingerprint density at radius 3 is 1.33 bits per heavy atom. The van der Waals surface area contributed by atoms with E-state index in [-0.39, 0.29) is 10.8 Å². The Labute approximate surface area is 97.5 Å². The molecule has 0 aromatic carbocycles. The van der Waals surface area contributed by atoms with Crippen LogP contribution in [-0.4, -0.2) is 24.0 Å². The van der Waals surface area contributed by atoms with Crippen molar-refractivity contribution in [3.05, 3.63) is 0 Å². The average molecular weight is 224 g/mol. The molecule has 0 unspecified atom stereocenters. The van der Waals surface area contributed by atoms with Crippen molar-refractivity contribution in [3.8, 4) is 24.7 Å². The van der Waals surface area contributed by atoms with Crippen LogP contribution in [0.4, 0.5) is 0 Å². The van der Waals surface area contributed by atoms with Gasteiger partial charge in [-0.25, -0.2) is 10.0 Å². The molecule has 0 radical (unpaired) electrons. The summed E-state index contributed by atoms with van der Waals surface area (Å²) in [5.41, 5.74) is -0.0208. The van der Waals surface area contributed by atoms with E-state index in [1.54, 1.807) is 0 Å². The average Bonchev–Trinajstić information content (AvgIpc) is 2.00. The molecule has 0 N–H and O–H groups in total. The van der Waals surface area contributed by atoms with Gasteiger partial charge in [0.2, 0.25) is 0 Å². The number of rotatable bonds is 4. The van der Waals surface area contributed by atoms with Crippen LogP contribution in [0.25, 0.3) is 0 Å². The molecule has 0 aliphatic rings. The fourth-order valence-electron chi connectivity index (χ4n) is 2.09. The lowest BCUT2D eigenvalue weighted by Crippen LogP contribution is -2.26. The topological polar surface area (TPSA) is 0 Å². The highest BCUT2D eigenvalue weighted by Gasteiger charge is 2.28. The summed E-state index contributed by atoms with van der Waals surface area (Å²) in [6, 6.07) is 0. The zero-order valence-corrected chi connectivity index (χ0v) is 11.8. The smallest absolute Gasteiger partial charge is 0.0331 e. The van der Waals surface area contributed by atoms with Gasteiger partial charge in [-0.1, -0.05) is 11.8 Å². The fraction of sp³-hybridized carbons (Fsp3) is 0.714. The highest BCUT2D eigenvalue weighted by molar-refractivity contribution is 8.32. The van der Waals surface area contributed by atoms with Gasteiger partial charge < -0.3 is 0 Å². The van der Waals surface area contributed by atoms with Gasteiger partial charge in [0.25, 0.3) is 0 Å². The molecule has 0 rings (SSSR count). The van der Waals surface area contributed by atoms with Crippen LogP contribution < -0.4 is 0 Å². The molecule has 0 aliphatic carbocycles. The van der Waals surface area contributed by atoms with Crippen molar-refractivity contribution in [2.45, 2.75) is 27.7 Å². The number of hydrogen-bond acceptors (Lipinski definition) is 0. The molecule has 0 fully saturated rings. The van der Waals surface area contributed by atoms with Crippen molar-refractivity contribution >= 4 is 10.0 Å². The lowest BCUT2D eigenvalue weighted by molar-refractivity contribution is 0.561. The summed E-state index contributed by atoms with van der Waals surface area (Å²) in [7, 11) is -0.706. The largest absolute Gasteiger partial charge is 0.244 e. The molecule has 1 heteroatoms. The van der Waals surface area contributed by atoms with Gasteiger partial charge in [-0.3, -0.25) is 0 Å². The van der Waals surface area contributed by atoms with Crippen molar-refractivity contribution in [3.63, 3.8) is 0 Å². The molecule has 0 bridgehead atoms. The van der Waals surface area contributed by atoms with E-state index in [1.807, 2.05) is 0 Å². The predicted molar refractivity (Wildman–Crippen MR) is 74.4 cm³/mol.